The van der Waals surface area contributed by atoms with Crippen LogP contribution in [0.4, 0.5) is 0 Å². The van der Waals surface area contributed by atoms with Crippen molar-refractivity contribution in [3.8, 4) is 0 Å². The Morgan fingerprint density at radius 2 is 1.52 bits per heavy atom. The summed E-state index contributed by atoms with van der Waals surface area (Å²) in [5.41, 5.74) is 0.0383. The van der Waals surface area contributed by atoms with Gasteiger partial charge in [0.2, 0.25) is 5.91 Å². The predicted octanol–water partition coefficient (Wildman–Crippen LogP) is 2.80. The average Bonchev–Trinajstić information content (AvgIpc) is 2.47. The summed E-state index contributed by atoms with van der Waals surface area (Å²) in [4.78, 5) is 15.3. The van der Waals surface area contributed by atoms with E-state index in [1.807, 2.05) is 0 Å². The topological polar surface area (TPSA) is 32.3 Å². The lowest BCUT2D eigenvalue weighted by Crippen LogP contribution is -2.54. The maximum atomic E-state index is 12.8. The van der Waals surface area contributed by atoms with E-state index in [-0.39, 0.29) is 5.41 Å². The molecule has 1 saturated heterocycles. The third kappa shape index (κ3) is 2.74. The summed E-state index contributed by atoms with van der Waals surface area (Å²) in [5.74, 6) is 3.00. The molecule has 4 aliphatic carbocycles. The summed E-state index contributed by atoms with van der Waals surface area (Å²) in [6.45, 7) is 4.37. The number of amides is 1. The van der Waals surface area contributed by atoms with Crippen molar-refractivity contribution in [1.29, 1.82) is 0 Å². The molecule has 0 aromatic carbocycles. The normalized spacial score (nSPS) is 42.2. The second-order valence-electron chi connectivity index (χ2n) is 8.36. The van der Waals surface area contributed by atoms with Gasteiger partial charge in [-0.25, -0.2) is 0 Å². The third-order valence-electron chi connectivity index (χ3n) is 6.68. The molecule has 5 aliphatic rings. The SMILES string of the molecule is O=C(NCCN1CCCCC1)C12CC3CC(CC(C3)C1)C2. The zero-order valence-corrected chi connectivity index (χ0v) is 13.3. The molecular formula is C18H30N2O. The van der Waals surface area contributed by atoms with Gasteiger partial charge in [0.15, 0.2) is 0 Å². The quantitative estimate of drug-likeness (QED) is 0.863. The van der Waals surface area contributed by atoms with Gasteiger partial charge in [-0.1, -0.05) is 6.42 Å². The van der Waals surface area contributed by atoms with Gasteiger partial charge in [0.25, 0.3) is 0 Å². The molecule has 5 rings (SSSR count). The van der Waals surface area contributed by atoms with Crippen molar-refractivity contribution in [3.63, 3.8) is 0 Å². The van der Waals surface area contributed by atoms with Crippen LogP contribution in [0, 0.1) is 23.2 Å². The van der Waals surface area contributed by atoms with Crippen LogP contribution in [0.25, 0.3) is 0 Å². The number of nitrogens with zero attached hydrogens (tertiary/aromatic N) is 1. The Kier molecular flexibility index (Phi) is 3.72. The van der Waals surface area contributed by atoms with Crippen LogP contribution in [-0.2, 0) is 4.79 Å². The Balaban J connectivity index is 1.30. The number of hydrogen-bond acceptors (Lipinski definition) is 2. The van der Waals surface area contributed by atoms with E-state index >= 15 is 0 Å². The summed E-state index contributed by atoms with van der Waals surface area (Å²) in [6.07, 6.45) is 11.9. The van der Waals surface area contributed by atoms with Crippen LogP contribution in [-0.4, -0.2) is 37.0 Å². The predicted molar refractivity (Wildman–Crippen MR) is 83.9 cm³/mol. The van der Waals surface area contributed by atoms with Crippen LogP contribution in [0.3, 0.4) is 0 Å². The number of carbonyl (C=O) groups excluding carboxylic acids is 1. The van der Waals surface area contributed by atoms with Crippen LogP contribution in [0.2, 0.25) is 0 Å². The number of nitrogens with one attached hydrogen (secondary N) is 1. The van der Waals surface area contributed by atoms with Crippen LogP contribution in [0.1, 0.15) is 57.8 Å². The highest BCUT2D eigenvalue weighted by molar-refractivity contribution is 5.83. The Hall–Kier alpha value is -0.570. The van der Waals surface area contributed by atoms with Gasteiger partial charge in [-0.2, -0.15) is 0 Å². The molecule has 0 aromatic rings. The third-order valence-corrected chi connectivity index (χ3v) is 6.68. The minimum Gasteiger partial charge on any atom is -0.354 e. The van der Waals surface area contributed by atoms with Crippen molar-refractivity contribution >= 4 is 5.91 Å². The van der Waals surface area contributed by atoms with E-state index in [9.17, 15) is 4.79 Å². The zero-order valence-electron chi connectivity index (χ0n) is 13.3. The highest BCUT2D eigenvalue weighted by Gasteiger charge is 2.54. The van der Waals surface area contributed by atoms with Crippen LogP contribution in [0.5, 0.6) is 0 Å². The van der Waals surface area contributed by atoms with Crippen molar-refractivity contribution in [3.05, 3.63) is 0 Å². The molecule has 0 spiro atoms. The first-order valence-corrected chi connectivity index (χ1v) is 9.24. The lowest BCUT2D eigenvalue weighted by Gasteiger charge is -2.55. The standard InChI is InChI=1S/C18H30N2O/c21-17(19-4-7-20-5-2-1-3-6-20)18-11-14-8-15(12-18)10-16(9-14)13-18/h14-16H,1-13H2,(H,19,21). The molecular weight excluding hydrogens is 260 g/mol. The molecule has 3 heteroatoms. The zero-order chi connectivity index (χ0) is 14.3. The summed E-state index contributed by atoms with van der Waals surface area (Å²) >= 11 is 0. The van der Waals surface area contributed by atoms with Crippen LogP contribution >= 0.6 is 0 Å². The van der Waals surface area contributed by atoms with E-state index < -0.39 is 0 Å². The van der Waals surface area contributed by atoms with Gasteiger partial charge < -0.3 is 10.2 Å². The number of likely N-dealkylation sites (tertiary alicyclic amines) is 1. The monoisotopic (exact) mass is 290 g/mol. The molecule has 0 aromatic heterocycles. The van der Waals surface area contributed by atoms with Crippen molar-refractivity contribution in [2.45, 2.75) is 57.8 Å². The number of rotatable bonds is 4. The van der Waals surface area contributed by atoms with Crippen LogP contribution in [0.15, 0.2) is 0 Å². The molecule has 0 unspecified atom stereocenters. The Morgan fingerprint density at radius 1 is 0.952 bits per heavy atom. The highest BCUT2D eigenvalue weighted by Crippen LogP contribution is 2.60. The van der Waals surface area contributed by atoms with Crippen LogP contribution < -0.4 is 5.32 Å². The van der Waals surface area contributed by atoms with Gasteiger partial charge in [0.1, 0.15) is 0 Å². The first-order valence-electron chi connectivity index (χ1n) is 9.24. The lowest BCUT2D eigenvalue weighted by molar-refractivity contribution is -0.146. The largest absolute Gasteiger partial charge is 0.354 e. The van der Waals surface area contributed by atoms with E-state index in [0.717, 1.165) is 30.8 Å². The molecule has 1 aliphatic heterocycles. The van der Waals surface area contributed by atoms with Crippen molar-refractivity contribution in [1.82, 2.24) is 10.2 Å². The smallest absolute Gasteiger partial charge is 0.226 e. The molecule has 4 saturated carbocycles. The molecule has 21 heavy (non-hydrogen) atoms. The lowest BCUT2D eigenvalue weighted by atomic mass is 9.49. The number of piperidine rings is 1. The van der Waals surface area contributed by atoms with E-state index in [4.69, 9.17) is 0 Å². The van der Waals surface area contributed by atoms with Gasteiger partial charge >= 0.3 is 0 Å². The van der Waals surface area contributed by atoms with Gasteiger partial charge in [0, 0.05) is 18.5 Å². The molecule has 1 heterocycles. The summed E-state index contributed by atoms with van der Waals surface area (Å²) in [6, 6.07) is 0. The van der Waals surface area contributed by atoms with Crippen molar-refractivity contribution < 1.29 is 4.79 Å². The molecule has 0 radical (unpaired) electrons. The minimum absolute atomic E-state index is 0.0383. The maximum absolute atomic E-state index is 12.8. The molecule has 5 fully saturated rings. The second kappa shape index (κ2) is 5.57. The molecule has 1 amide bonds. The first kappa shape index (κ1) is 14.0. The Morgan fingerprint density at radius 3 is 2.10 bits per heavy atom. The summed E-state index contributed by atoms with van der Waals surface area (Å²) < 4.78 is 0. The number of carbonyl (C=O) groups is 1. The Labute approximate surface area is 128 Å². The fourth-order valence-electron chi connectivity index (χ4n) is 6.09. The van der Waals surface area contributed by atoms with E-state index in [1.165, 1.54) is 70.9 Å². The molecule has 3 nitrogen and oxygen atoms in total. The van der Waals surface area contributed by atoms with Crippen molar-refractivity contribution in [2.24, 2.45) is 23.2 Å². The second-order valence-corrected chi connectivity index (χ2v) is 8.36. The van der Waals surface area contributed by atoms with Gasteiger partial charge in [-0.3, -0.25) is 4.79 Å². The fraction of sp³-hybridized carbons (Fsp3) is 0.944. The summed E-state index contributed by atoms with van der Waals surface area (Å²) in [7, 11) is 0. The fourth-order valence-corrected chi connectivity index (χ4v) is 6.09. The molecule has 118 valence electrons. The van der Waals surface area contributed by atoms with Gasteiger partial charge in [0.05, 0.1) is 0 Å². The first-order chi connectivity index (χ1) is 10.2. The van der Waals surface area contributed by atoms with E-state index in [2.05, 4.69) is 10.2 Å². The van der Waals surface area contributed by atoms with E-state index in [1.54, 1.807) is 0 Å². The highest BCUT2D eigenvalue weighted by atomic mass is 16.2. The van der Waals surface area contributed by atoms with Gasteiger partial charge in [-0.05, 0) is 82.2 Å². The average molecular weight is 290 g/mol. The summed E-state index contributed by atoms with van der Waals surface area (Å²) in [5, 5.41) is 3.31. The molecule has 1 N–H and O–H groups in total. The Bertz CT molecular complexity index is 365. The maximum Gasteiger partial charge on any atom is 0.226 e. The van der Waals surface area contributed by atoms with Crippen molar-refractivity contribution in [2.75, 3.05) is 26.2 Å². The number of hydrogen-bond donors (Lipinski definition) is 1. The van der Waals surface area contributed by atoms with Gasteiger partial charge in [-0.15, -0.1) is 0 Å². The van der Waals surface area contributed by atoms with E-state index in [0.29, 0.717) is 5.91 Å². The molecule has 0 atom stereocenters. The molecule has 4 bridgehead atoms. The minimum atomic E-state index is 0.0383.